The second-order valence-corrected chi connectivity index (χ2v) is 8.74. The Morgan fingerprint density at radius 2 is 1.66 bits per heavy atom. The van der Waals surface area contributed by atoms with E-state index in [-0.39, 0.29) is 5.56 Å². The van der Waals surface area contributed by atoms with E-state index in [1.54, 1.807) is 16.7 Å². The summed E-state index contributed by atoms with van der Waals surface area (Å²) in [5.74, 6) is 0.546. The van der Waals surface area contributed by atoms with Gasteiger partial charge in [-0.3, -0.25) is 9.36 Å². The molecular weight excluding hydrogens is 463 g/mol. The fourth-order valence-corrected chi connectivity index (χ4v) is 4.51. The van der Waals surface area contributed by atoms with Crippen molar-refractivity contribution in [1.82, 2.24) is 14.5 Å². The highest BCUT2D eigenvalue weighted by Crippen LogP contribution is 2.27. The van der Waals surface area contributed by atoms with Crippen LogP contribution in [0.2, 0.25) is 10.0 Å². The Morgan fingerprint density at radius 1 is 0.906 bits per heavy atom. The van der Waals surface area contributed by atoms with Gasteiger partial charge in [-0.2, -0.15) is 0 Å². The van der Waals surface area contributed by atoms with Gasteiger partial charge in [0.2, 0.25) is 0 Å². The molecule has 0 saturated heterocycles. The van der Waals surface area contributed by atoms with Crippen molar-refractivity contribution < 1.29 is 0 Å². The normalized spacial score (nSPS) is 11.1. The van der Waals surface area contributed by atoms with Gasteiger partial charge in [0.25, 0.3) is 5.56 Å². The third-order valence-electron chi connectivity index (χ3n) is 4.98. The minimum absolute atomic E-state index is 0.165. The molecule has 0 aliphatic carbocycles. The molecule has 3 aromatic carbocycles. The van der Waals surface area contributed by atoms with E-state index >= 15 is 0 Å². The lowest BCUT2D eigenvalue weighted by Gasteiger charge is -2.15. The SMILES string of the molecule is O=c1c2ccccc2nc(CNc2nc(-c3ccc(Cl)cc3)cs2)n1-c1ccccc1Cl. The zero-order valence-electron chi connectivity index (χ0n) is 16.6. The molecule has 1 N–H and O–H groups in total. The summed E-state index contributed by atoms with van der Waals surface area (Å²) < 4.78 is 1.56. The molecule has 5 aromatic rings. The molecule has 0 aliphatic rings. The van der Waals surface area contributed by atoms with Crippen LogP contribution < -0.4 is 10.9 Å². The van der Waals surface area contributed by atoms with E-state index in [0.29, 0.717) is 39.0 Å². The third kappa shape index (κ3) is 4.00. The Morgan fingerprint density at radius 3 is 2.47 bits per heavy atom. The molecule has 5 nitrogen and oxygen atoms in total. The summed E-state index contributed by atoms with van der Waals surface area (Å²) in [6.45, 7) is 0.304. The highest BCUT2D eigenvalue weighted by atomic mass is 35.5. The van der Waals surface area contributed by atoms with Crippen molar-refractivity contribution >= 4 is 50.6 Å². The minimum atomic E-state index is -0.165. The van der Waals surface area contributed by atoms with Gasteiger partial charge in [-0.05, 0) is 36.4 Å². The Bertz CT molecular complexity index is 1480. The minimum Gasteiger partial charge on any atom is -0.354 e. The first kappa shape index (κ1) is 20.7. The maximum Gasteiger partial charge on any atom is 0.266 e. The first-order chi connectivity index (χ1) is 15.6. The number of aromatic nitrogens is 3. The van der Waals surface area contributed by atoms with Gasteiger partial charge in [0.05, 0.1) is 33.9 Å². The molecule has 0 spiro atoms. The fraction of sp³-hybridized carbons (Fsp3) is 0.0417. The number of halogens is 2. The summed E-state index contributed by atoms with van der Waals surface area (Å²) in [7, 11) is 0. The van der Waals surface area contributed by atoms with Crippen LogP contribution >= 0.6 is 34.5 Å². The van der Waals surface area contributed by atoms with E-state index in [1.165, 1.54) is 11.3 Å². The lowest BCUT2D eigenvalue weighted by atomic mass is 10.2. The highest BCUT2D eigenvalue weighted by molar-refractivity contribution is 7.14. The van der Waals surface area contributed by atoms with Crippen LogP contribution in [-0.2, 0) is 6.54 Å². The van der Waals surface area contributed by atoms with Gasteiger partial charge < -0.3 is 5.32 Å². The fourth-order valence-electron chi connectivity index (χ4n) is 3.44. The van der Waals surface area contributed by atoms with E-state index < -0.39 is 0 Å². The molecule has 2 heterocycles. The molecule has 8 heteroatoms. The summed E-state index contributed by atoms with van der Waals surface area (Å²) in [4.78, 5) is 22.7. The van der Waals surface area contributed by atoms with Crippen molar-refractivity contribution in [3.63, 3.8) is 0 Å². The number of nitrogens with one attached hydrogen (secondary N) is 1. The second-order valence-electron chi connectivity index (χ2n) is 7.04. The average Bonchev–Trinajstić information content (AvgIpc) is 3.28. The molecule has 0 unspecified atom stereocenters. The predicted octanol–water partition coefficient (Wildman–Crippen LogP) is 6.43. The van der Waals surface area contributed by atoms with Crippen LogP contribution in [0, 0.1) is 0 Å². The summed E-state index contributed by atoms with van der Waals surface area (Å²) in [6, 6.07) is 22.1. The van der Waals surface area contributed by atoms with Crippen LogP contribution in [0.25, 0.3) is 27.8 Å². The zero-order chi connectivity index (χ0) is 22.1. The van der Waals surface area contributed by atoms with E-state index in [0.717, 1.165) is 16.4 Å². The van der Waals surface area contributed by atoms with Gasteiger partial charge in [-0.25, -0.2) is 9.97 Å². The van der Waals surface area contributed by atoms with Gasteiger partial charge >= 0.3 is 0 Å². The number of fused-ring (bicyclic) bond motifs is 1. The topological polar surface area (TPSA) is 59.8 Å². The van der Waals surface area contributed by atoms with Gasteiger partial charge in [-0.15, -0.1) is 11.3 Å². The Balaban J connectivity index is 1.52. The quantitative estimate of drug-likeness (QED) is 0.316. The molecule has 0 saturated carbocycles. The molecule has 0 atom stereocenters. The van der Waals surface area contributed by atoms with E-state index in [1.807, 2.05) is 66.0 Å². The summed E-state index contributed by atoms with van der Waals surface area (Å²) in [6.07, 6.45) is 0. The predicted molar refractivity (Wildman–Crippen MR) is 132 cm³/mol. The molecule has 2 aromatic heterocycles. The van der Waals surface area contributed by atoms with Gasteiger partial charge in [0.15, 0.2) is 5.13 Å². The van der Waals surface area contributed by atoms with Crippen molar-refractivity contribution in [3.8, 4) is 16.9 Å². The van der Waals surface area contributed by atoms with E-state index in [9.17, 15) is 4.79 Å². The molecular formula is C24H16Cl2N4OS. The molecule has 158 valence electrons. The molecule has 0 amide bonds. The Labute approximate surface area is 197 Å². The largest absolute Gasteiger partial charge is 0.354 e. The molecule has 0 bridgehead atoms. The van der Waals surface area contributed by atoms with Crippen LogP contribution in [0.1, 0.15) is 5.82 Å². The standard InChI is InChI=1S/C24H16Cl2N4OS/c25-16-11-9-15(10-12-16)20-14-32-24(29-20)27-13-22-28-19-7-3-1-5-17(19)23(31)30(22)21-8-4-2-6-18(21)26/h1-12,14H,13H2,(H,27,29). The van der Waals surface area contributed by atoms with Crippen molar-refractivity contribution in [2.75, 3.05) is 5.32 Å². The molecule has 32 heavy (non-hydrogen) atoms. The number of hydrogen-bond donors (Lipinski definition) is 1. The lowest BCUT2D eigenvalue weighted by molar-refractivity contribution is 0.839. The Kier molecular flexibility index (Phi) is 5.66. The van der Waals surface area contributed by atoms with Crippen LogP contribution in [-0.4, -0.2) is 14.5 Å². The second kappa shape index (κ2) is 8.74. The zero-order valence-corrected chi connectivity index (χ0v) is 19.0. The number of rotatable bonds is 5. The maximum atomic E-state index is 13.3. The summed E-state index contributed by atoms with van der Waals surface area (Å²) >= 11 is 13.9. The van der Waals surface area contributed by atoms with Crippen LogP contribution in [0.3, 0.4) is 0 Å². The number of thiazole rings is 1. The number of anilines is 1. The van der Waals surface area contributed by atoms with Crippen molar-refractivity contribution in [1.29, 1.82) is 0 Å². The van der Waals surface area contributed by atoms with Crippen LogP contribution in [0.15, 0.2) is 83.0 Å². The number of para-hydroxylation sites is 2. The van der Waals surface area contributed by atoms with Crippen molar-refractivity contribution in [2.24, 2.45) is 0 Å². The molecule has 0 fully saturated rings. The van der Waals surface area contributed by atoms with Crippen molar-refractivity contribution in [2.45, 2.75) is 6.54 Å². The number of nitrogens with zero attached hydrogens (tertiary/aromatic N) is 3. The first-order valence-corrected chi connectivity index (χ1v) is 11.4. The van der Waals surface area contributed by atoms with Gasteiger partial charge in [-0.1, -0.05) is 59.6 Å². The van der Waals surface area contributed by atoms with Gasteiger partial charge in [0.1, 0.15) is 5.82 Å². The maximum absolute atomic E-state index is 13.3. The molecule has 5 rings (SSSR count). The molecule has 0 radical (unpaired) electrons. The monoisotopic (exact) mass is 478 g/mol. The summed E-state index contributed by atoms with van der Waals surface area (Å²) in [5, 5.41) is 7.70. The van der Waals surface area contributed by atoms with Crippen LogP contribution in [0.4, 0.5) is 5.13 Å². The van der Waals surface area contributed by atoms with Crippen LogP contribution in [0.5, 0.6) is 0 Å². The summed E-state index contributed by atoms with van der Waals surface area (Å²) in [5.41, 5.74) is 2.90. The third-order valence-corrected chi connectivity index (χ3v) is 6.35. The first-order valence-electron chi connectivity index (χ1n) is 9.81. The van der Waals surface area contributed by atoms with Gasteiger partial charge in [0, 0.05) is 16.0 Å². The average molecular weight is 479 g/mol. The number of benzene rings is 3. The van der Waals surface area contributed by atoms with E-state index in [4.69, 9.17) is 28.2 Å². The highest BCUT2D eigenvalue weighted by Gasteiger charge is 2.15. The molecule has 0 aliphatic heterocycles. The lowest BCUT2D eigenvalue weighted by Crippen LogP contribution is -2.25. The van der Waals surface area contributed by atoms with Crippen molar-refractivity contribution in [3.05, 3.63) is 104 Å². The number of hydrogen-bond acceptors (Lipinski definition) is 5. The smallest absolute Gasteiger partial charge is 0.266 e. The van der Waals surface area contributed by atoms with E-state index in [2.05, 4.69) is 10.3 Å². The Hall–Kier alpha value is -3.19.